The standard InChI is InChI=1S/C17H27NO3/c1-6-17(3)15(11-16(17)21-7-2)18-12-8-9-13(19-4)14(10-12)20-5/h8-10,15-16,18H,6-7,11H2,1-5H3. The Morgan fingerprint density at radius 3 is 2.48 bits per heavy atom. The van der Waals surface area contributed by atoms with Gasteiger partial charge in [0.25, 0.3) is 0 Å². The molecule has 4 heteroatoms. The van der Waals surface area contributed by atoms with Crippen LogP contribution >= 0.6 is 0 Å². The molecule has 1 aliphatic rings. The van der Waals surface area contributed by atoms with Crippen molar-refractivity contribution in [2.75, 3.05) is 26.1 Å². The number of anilines is 1. The van der Waals surface area contributed by atoms with Crippen LogP contribution in [0.5, 0.6) is 11.5 Å². The second kappa shape index (κ2) is 6.56. The number of benzene rings is 1. The minimum Gasteiger partial charge on any atom is -0.493 e. The maximum atomic E-state index is 5.85. The van der Waals surface area contributed by atoms with Crippen LogP contribution < -0.4 is 14.8 Å². The first-order valence-corrected chi connectivity index (χ1v) is 7.69. The molecule has 0 aliphatic heterocycles. The summed E-state index contributed by atoms with van der Waals surface area (Å²) >= 11 is 0. The van der Waals surface area contributed by atoms with Crippen molar-refractivity contribution in [1.82, 2.24) is 0 Å². The number of methoxy groups -OCH3 is 2. The fraction of sp³-hybridized carbons (Fsp3) is 0.647. The number of hydrogen-bond acceptors (Lipinski definition) is 4. The number of rotatable bonds is 7. The van der Waals surface area contributed by atoms with Crippen molar-refractivity contribution in [3.8, 4) is 11.5 Å². The summed E-state index contributed by atoms with van der Waals surface area (Å²) in [6.45, 7) is 7.37. The molecule has 1 aliphatic carbocycles. The third-order valence-electron chi connectivity index (χ3n) is 4.84. The molecule has 1 N–H and O–H groups in total. The molecule has 4 nitrogen and oxygen atoms in total. The lowest BCUT2D eigenvalue weighted by atomic mass is 9.61. The van der Waals surface area contributed by atoms with Gasteiger partial charge in [-0.15, -0.1) is 0 Å². The van der Waals surface area contributed by atoms with Crippen LogP contribution in [0.3, 0.4) is 0 Å². The van der Waals surface area contributed by atoms with E-state index < -0.39 is 0 Å². The Balaban J connectivity index is 2.09. The minimum atomic E-state index is 0.184. The predicted octanol–water partition coefficient (Wildman–Crippen LogP) is 3.71. The molecule has 0 amide bonds. The van der Waals surface area contributed by atoms with Gasteiger partial charge >= 0.3 is 0 Å². The SMILES string of the molecule is CCOC1CC(Nc2ccc(OC)c(OC)c2)C1(C)CC. The predicted molar refractivity (Wildman–Crippen MR) is 85.4 cm³/mol. The smallest absolute Gasteiger partial charge is 0.162 e. The summed E-state index contributed by atoms with van der Waals surface area (Å²) in [4.78, 5) is 0. The third-order valence-corrected chi connectivity index (χ3v) is 4.84. The second-order valence-electron chi connectivity index (χ2n) is 5.81. The normalized spacial score (nSPS) is 27.9. The van der Waals surface area contributed by atoms with E-state index in [0.29, 0.717) is 12.1 Å². The van der Waals surface area contributed by atoms with E-state index in [1.165, 1.54) is 0 Å². The van der Waals surface area contributed by atoms with Crippen LogP contribution in [0.1, 0.15) is 33.6 Å². The molecule has 3 unspecified atom stereocenters. The maximum absolute atomic E-state index is 5.85. The largest absolute Gasteiger partial charge is 0.493 e. The third kappa shape index (κ3) is 2.95. The number of hydrogen-bond donors (Lipinski definition) is 1. The molecular formula is C17H27NO3. The van der Waals surface area contributed by atoms with Gasteiger partial charge in [0.05, 0.1) is 20.3 Å². The van der Waals surface area contributed by atoms with Gasteiger partial charge in [-0.2, -0.15) is 0 Å². The van der Waals surface area contributed by atoms with Crippen LogP contribution in [-0.2, 0) is 4.74 Å². The summed E-state index contributed by atoms with van der Waals surface area (Å²) in [5.41, 5.74) is 1.25. The highest BCUT2D eigenvalue weighted by atomic mass is 16.5. The number of ether oxygens (including phenoxy) is 3. The van der Waals surface area contributed by atoms with E-state index in [1.807, 2.05) is 18.2 Å². The molecule has 0 radical (unpaired) electrons. The van der Waals surface area contributed by atoms with Gasteiger partial charge in [0, 0.05) is 29.8 Å². The van der Waals surface area contributed by atoms with Crippen molar-refractivity contribution >= 4 is 5.69 Å². The molecule has 1 fully saturated rings. The van der Waals surface area contributed by atoms with Crippen molar-refractivity contribution in [2.45, 2.75) is 45.8 Å². The molecule has 1 aromatic carbocycles. The van der Waals surface area contributed by atoms with Crippen LogP contribution in [0.2, 0.25) is 0 Å². The summed E-state index contributed by atoms with van der Waals surface area (Å²) in [7, 11) is 3.31. The molecule has 1 aromatic rings. The summed E-state index contributed by atoms with van der Waals surface area (Å²) in [5, 5.41) is 3.62. The maximum Gasteiger partial charge on any atom is 0.162 e. The Morgan fingerprint density at radius 2 is 1.90 bits per heavy atom. The lowest BCUT2D eigenvalue weighted by molar-refractivity contribution is -0.109. The molecule has 3 atom stereocenters. The molecule has 1 saturated carbocycles. The first kappa shape index (κ1) is 16.0. The Kier molecular flexibility index (Phi) is 4.99. The quantitative estimate of drug-likeness (QED) is 0.832. The van der Waals surface area contributed by atoms with Gasteiger partial charge in [0.2, 0.25) is 0 Å². The number of nitrogens with one attached hydrogen (secondary N) is 1. The summed E-state index contributed by atoms with van der Waals surface area (Å²) in [6, 6.07) is 6.38. The van der Waals surface area contributed by atoms with E-state index in [-0.39, 0.29) is 5.41 Å². The highest BCUT2D eigenvalue weighted by Gasteiger charge is 2.51. The molecule has 21 heavy (non-hydrogen) atoms. The summed E-state index contributed by atoms with van der Waals surface area (Å²) in [6.07, 6.45) is 2.50. The lowest BCUT2D eigenvalue weighted by Crippen LogP contribution is -2.59. The van der Waals surface area contributed by atoms with Gasteiger partial charge in [-0.3, -0.25) is 0 Å². The molecule has 0 spiro atoms. The van der Waals surface area contributed by atoms with Crippen molar-refractivity contribution in [1.29, 1.82) is 0 Å². The van der Waals surface area contributed by atoms with Gasteiger partial charge in [-0.25, -0.2) is 0 Å². The second-order valence-corrected chi connectivity index (χ2v) is 5.81. The van der Waals surface area contributed by atoms with Crippen molar-refractivity contribution in [2.24, 2.45) is 5.41 Å². The summed E-state index contributed by atoms with van der Waals surface area (Å²) in [5.74, 6) is 1.50. The zero-order chi connectivity index (χ0) is 15.5. The van der Waals surface area contributed by atoms with Gasteiger partial charge in [-0.1, -0.05) is 13.8 Å². The van der Waals surface area contributed by atoms with Gasteiger partial charge in [-0.05, 0) is 31.9 Å². The van der Waals surface area contributed by atoms with Gasteiger partial charge in [0.1, 0.15) is 0 Å². The van der Waals surface area contributed by atoms with E-state index in [9.17, 15) is 0 Å². The highest BCUT2D eigenvalue weighted by Crippen LogP contribution is 2.47. The van der Waals surface area contributed by atoms with Gasteiger partial charge in [0.15, 0.2) is 11.5 Å². The Labute approximate surface area is 127 Å². The van der Waals surface area contributed by atoms with Crippen molar-refractivity contribution in [3.63, 3.8) is 0 Å². The highest BCUT2D eigenvalue weighted by molar-refractivity contribution is 5.55. The zero-order valence-corrected chi connectivity index (χ0v) is 13.7. The Bertz CT molecular complexity index is 477. The monoisotopic (exact) mass is 293 g/mol. The molecule has 0 saturated heterocycles. The fourth-order valence-corrected chi connectivity index (χ4v) is 3.10. The Hall–Kier alpha value is -1.42. The molecule has 0 aromatic heterocycles. The molecule has 0 bridgehead atoms. The topological polar surface area (TPSA) is 39.7 Å². The molecule has 0 heterocycles. The minimum absolute atomic E-state index is 0.184. The van der Waals surface area contributed by atoms with E-state index in [2.05, 4.69) is 26.1 Å². The van der Waals surface area contributed by atoms with Gasteiger partial charge < -0.3 is 19.5 Å². The van der Waals surface area contributed by atoms with E-state index in [1.54, 1.807) is 14.2 Å². The first-order valence-electron chi connectivity index (χ1n) is 7.69. The lowest BCUT2D eigenvalue weighted by Gasteiger charge is -2.54. The first-order chi connectivity index (χ1) is 10.1. The molecule has 118 valence electrons. The summed E-state index contributed by atoms with van der Waals surface area (Å²) < 4.78 is 16.5. The van der Waals surface area contributed by atoms with E-state index in [4.69, 9.17) is 14.2 Å². The Morgan fingerprint density at radius 1 is 1.19 bits per heavy atom. The van der Waals surface area contributed by atoms with Crippen LogP contribution in [0.25, 0.3) is 0 Å². The van der Waals surface area contributed by atoms with Crippen LogP contribution in [0, 0.1) is 5.41 Å². The zero-order valence-electron chi connectivity index (χ0n) is 13.7. The molecule has 2 rings (SSSR count). The van der Waals surface area contributed by atoms with E-state index in [0.717, 1.165) is 36.6 Å². The fourth-order valence-electron chi connectivity index (χ4n) is 3.10. The molecular weight excluding hydrogens is 266 g/mol. The average molecular weight is 293 g/mol. The average Bonchev–Trinajstić information content (AvgIpc) is 2.52. The van der Waals surface area contributed by atoms with E-state index >= 15 is 0 Å². The van der Waals surface area contributed by atoms with Crippen LogP contribution in [-0.4, -0.2) is 33.0 Å². The van der Waals surface area contributed by atoms with Crippen LogP contribution in [0.4, 0.5) is 5.69 Å². The van der Waals surface area contributed by atoms with Crippen molar-refractivity contribution in [3.05, 3.63) is 18.2 Å². The van der Waals surface area contributed by atoms with Crippen molar-refractivity contribution < 1.29 is 14.2 Å². The van der Waals surface area contributed by atoms with Crippen LogP contribution in [0.15, 0.2) is 18.2 Å².